The molecule has 168 valence electrons. The van der Waals surface area contributed by atoms with Gasteiger partial charge >= 0.3 is 5.97 Å². The van der Waals surface area contributed by atoms with Crippen molar-refractivity contribution in [1.82, 2.24) is 19.5 Å². The zero-order valence-corrected chi connectivity index (χ0v) is 16.9. The number of hydrogen-bond donors (Lipinski definition) is 3. The van der Waals surface area contributed by atoms with Gasteiger partial charge in [0.05, 0.1) is 11.3 Å². The Balaban J connectivity index is 1.51. The highest BCUT2D eigenvalue weighted by Crippen LogP contribution is 2.32. The normalized spacial score (nSPS) is 22.7. The number of hydrogen-bond acceptors (Lipinski definition) is 11. The lowest BCUT2D eigenvalue weighted by molar-refractivity contribution is -0.384. The van der Waals surface area contributed by atoms with Crippen molar-refractivity contribution in [1.29, 1.82) is 0 Å². The third kappa shape index (κ3) is 4.21. The Morgan fingerprint density at radius 1 is 1.25 bits per heavy atom. The molecule has 0 amide bonds. The number of benzene rings is 1. The topological polar surface area (TPSA) is 175 Å². The first-order valence-corrected chi connectivity index (χ1v) is 9.65. The lowest BCUT2D eigenvalue weighted by atomic mass is 10.1. The number of aliphatic hydroxyl groups excluding tert-OH is 2. The first-order chi connectivity index (χ1) is 15.3. The van der Waals surface area contributed by atoms with Crippen LogP contribution in [-0.2, 0) is 20.8 Å². The maximum Gasteiger partial charge on any atom is 0.302 e. The minimum Gasteiger partial charge on any atom is -0.463 e. The summed E-state index contributed by atoms with van der Waals surface area (Å²) in [6.45, 7) is 1.37. The van der Waals surface area contributed by atoms with Crippen LogP contribution in [0.15, 0.2) is 36.9 Å². The van der Waals surface area contributed by atoms with Crippen LogP contribution in [0.25, 0.3) is 11.2 Å². The number of nitrogens with zero attached hydrogens (tertiary/aromatic N) is 5. The number of nitro benzene ring substituents is 1. The summed E-state index contributed by atoms with van der Waals surface area (Å²) < 4.78 is 12.0. The Hall–Kier alpha value is -3.68. The Labute approximate surface area is 180 Å². The molecule has 4 unspecified atom stereocenters. The van der Waals surface area contributed by atoms with Gasteiger partial charge in [0.1, 0.15) is 31.2 Å². The molecule has 1 aliphatic rings. The fourth-order valence-electron chi connectivity index (χ4n) is 3.38. The predicted octanol–water partition coefficient (Wildman–Crippen LogP) is 0.529. The number of carbonyl (C=O) groups excluding carboxylic acids is 1. The van der Waals surface area contributed by atoms with Crippen LogP contribution in [0.2, 0.25) is 0 Å². The number of aromatic nitrogens is 4. The molecule has 0 aliphatic carbocycles. The molecular formula is C19H20N6O7. The maximum atomic E-state index is 11.0. The Morgan fingerprint density at radius 3 is 2.69 bits per heavy atom. The van der Waals surface area contributed by atoms with Crippen LogP contribution < -0.4 is 5.32 Å². The van der Waals surface area contributed by atoms with Crippen LogP contribution in [-0.4, -0.2) is 65.5 Å². The average molecular weight is 444 g/mol. The number of imidazole rings is 1. The van der Waals surface area contributed by atoms with Crippen molar-refractivity contribution < 1.29 is 29.4 Å². The van der Waals surface area contributed by atoms with Crippen molar-refractivity contribution in [3.63, 3.8) is 0 Å². The van der Waals surface area contributed by atoms with E-state index >= 15 is 0 Å². The number of nitro groups is 1. The van der Waals surface area contributed by atoms with E-state index in [9.17, 15) is 25.1 Å². The second kappa shape index (κ2) is 8.82. The summed E-state index contributed by atoms with van der Waals surface area (Å²) >= 11 is 0. The van der Waals surface area contributed by atoms with Gasteiger partial charge in [0, 0.05) is 25.6 Å². The second-order valence-electron chi connectivity index (χ2n) is 7.17. The van der Waals surface area contributed by atoms with E-state index in [1.54, 1.807) is 12.1 Å². The molecular weight excluding hydrogens is 424 g/mol. The van der Waals surface area contributed by atoms with Gasteiger partial charge in [0.2, 0.25) is 0 Å². The molecule has 3 heterocycles. The second-order valence-corrected chi connectivity index (χ2v) is 7.17. The van der Waals surface area contributed by atoms with Crippen LogP contribution in [0.4, 0.5) is 11.5 Å². The molecule has 13 nitrogen and oxygen atoms in total. The first kappa shape index (κ1) is 21.5. The summed E-state index contributed by atoms with van der Waals surface area (Å²) in [5.41, 5.74) is 1.56. The molecule has 0 bridgehead atoms. The Bertz CT molecular complexity index is 1130. The van der Waals surface area contributed by atoms with Gasteiger partial charge in [-0.3, -0.25) is 19.5 Å². The molecule has 32 heavy (non-hydrogen) atoms. The highest BCUT2D eigenvalue weighted by atomic mass is 16.6. The van der Waals surface area contributed by atoms with E-state index < -0.39 is 35.4 Å². The van der Waals surface area contributed by atoms with Crippen molar-refractivity contribution in [3.05, 3.63) is 52.6 Å². The highest BCUT2D eigenvalue weighted by Gasteiger charge is 2.44. The maximum absolute atomic E-state index is 11.0. The van der Waals surface area contributed by atoms with Gasteiger partial charge in [0.25, 0.3) is 5.69 Å². The van der Waals surface area contributed by atoms with E-state index in [4.69, 9.17) is 9.47 Å². The van der Waals surface area contributed by atoms with Crippen molar-refractivity contribution >= 4 is 28.6 Å². The standard InChI is InChI=1S/C19H20N6O7/c1-10(26)31-7-13-15(27)16(28)19(32-13)24-9-23-14-17(21-8-22-18(14)24)20-6-11-2-4-12(5-3-11)25(29)30/h2-5,8-9,13,15-16,19,27-28H,6-7H2,1H3,(H,20,21,22). The lowest BCUT2D eigenvalue weighted by Crippen LogP contribution is -2.34. The molecule has 4 rings (SSSR count). The van der Waals surface area contributed by atoms with Crippen molar-refractivity contribution in [2.45, 2.75) is 38.0 Å². The van der Waals surface area contributed by atoms with Crippen LogP contribution in [0.3, 0.4) is 0 Å². The number of carbonyl (C=O) groups is 1. The summed E-state index contributed by atoms with van der Waals surface area (Å²) in [4.78, 5) is 34.0. The number of non-ortho nitro benzene ring substituents is 1. The van der Waals surface area contributed by atoms with E-state index in [2.05, 4.69) is 20.3 Å². The number of fused-ring (bicyclic) bond motifs is 1. The quantitative estimate of drug-likeness (QED) is 0.263. The molecule has 4 atom stereocenters. The molecule has 3 N–H and O–H groups in total. The number of ether oxygens (including phenoxy) is 2. The van der Waals surface area contributed by atoms with Gasteiger partial charge in [-0.1, -0.05) is 12.1 Å². The van der Waals surface area contributed by atoms with Crippen LogP contribution in [0.5, 0.6) is 0 Å². The molecule has 0 radical (unpaired) electrons. The molecule has 0 saturated carbocycles. The van der Waals surface area contributed by atoms with Crippen LogP contribution >= 0.6 is 0 Å². The number of anilines is 1. The van der Waals surface area contributed by atoms with Crippen molar-refractivity contribution in [3.8, 4) is 0 Å². The lowest BCUT2D eigenvalue weighted by Gasteiger charge is -2.16. The predicted molar refractivity (Wildman–Crippen MR) is 108 cm³/mol. The van der Waals surface area contributed by atoms with Crippen LogP contribution in [0.1, 0.15) is 18.7 Å². The van der Waals surface area contributed by atoms with Gasteiger partial charge in [-0.05, 0) is 5.56 Å². The van der Waals surface area contributed by atoms with Crippen molar-refractivity contribution in [2.24, 2.45) is 0 Å². The van der Waals surface area contributed by atoms with E-state index in [1.807, 2.05) is 0 Å². The highest BCUT2D eigenvalue weighted by molar-refractivity contribution is 5.82. The summed E-state index contributed by atoms with van der Waals surface area (Å²) in [7, 11) is 0. The van der Waals surface area contributed by atoms with Crippen LogP contribution in [0, 0.1) is 10.1 Å². The van der Waals surface area contributed by atoms with Gasteiger partial charge < -0.3 is 25.0 Å². The van der Waals surface area contributed by atoms with Gasteiger partial charge in [-0.15, -0.1) is 0 Å². The molecule has 1 aromatic carbocycles. The minimum atomic E-state index is -1.29. The first-order valence-electron chi connectivity index (χ1n) is 9.65. The summed E-state index contributed by atoms with van der Waals surface area (Å²) in [5, 5.41) is 34.6. The van der Waals surface area contributed by atoms with E-state index in [0.29, 0.717) is 23.5 Å². The van der Waals surface area contributed by atoms with Gasteiger partial charge in [-0.25, -0.2) is 15.0 Å². The summed E-state index contributed by atoms with van der Waals surface area (Å²) in [5.74, 6) is -0.111. The molecule has 0 spiro atoms. The van der Waals surface area contributed by atoms with Gasteiger partial charge in [-0.2, -0.15) is 0 Å². The van der Waals surface area contributed by atoms with E-state index in [0.717, 1.165) is 5.56 Å². The molecule has 1 fully saturated rings. The SMILES string of the molecule is CC(=O)OCC1OC(n2cnc3c(NCc4ccc([N+](=O)[O-])cc4)ncnc32)C(O)C1O. The zero-order chi connectivity index (χ0) is 22.8. The molecule has 2 aromatic heterocycles. The van der Waals surface area contributed by atoms with E-state index in [1.165, 1.54) is 36.3 Å². The molecule has 1 saturated heterocycles. The fourth-order valence-corrected chi connectivity index (χ4v) is 3.38. The third-order valence-electron chi connectivity index (χ3n) is 5.03. The largest absolute Gasteiger partial charge is 0.463 e. The minimum absolute atomic E-state index is 0.00114. The molecule has 13 heteroatoms. The average Bonchev–Trinajstić information content (AvgIpc) is 3.32. The number of rotatable bonds is 7. The van der Waals surface area contributed by atoms with E-state index in [-0.39, 0.29) is 12.3 Å². The summed E-state index contributed by atoms with van der Waals surface area (Å²) in [6, 6.07) is 6.10. The summed E-state index contributed by atoms with van der Waals surface area (Å²) in [6.07, 6.45) is -1.73. The Kier molecular flexibility index (Phi) is 5.94. The van der Waals surface area contributed by atoms with Crippen molar-refractivity contribution in [2.75, 3.05) is 11.9 Å². The molecule has 1 aliphatic heterocycles. The third-order valence-corrected chi connectivity index (χ3v) is 5.03. The molecule has 3 aromatic rings. The zero-order valence-electron chi connectivity index (χ0n) is 16.9. The number of aliphatic hydroxyl groups is 2. The van der Waals surface area contributed by atoms with Gasteiger partial charge in [0.15, 0.2) is 23.2 Å². The fraction of sp³-hybridized carbons (Fsp3) is 0.368. The Morgan fingerprint density at radius 2 is 2.00 bits per heavy atom. The number of esters is 1. The smallest absolute Gasteiger partial charge is 0.302 e. The number of nitrogens with one attached hydrogen (secondary N) is 1. The monoisotopic (exact) mass is 444 g/mol.